The van der Waals surface area contributed by atoms with Gasteiger partial charge in [-0.05, 0) is 38.0 Å². The van der Waals surface area contributed by atoms with Crippen LogP contribution in [-0.4, -0.2) is 33.3 Å². The molecule has 1 aliphatic rings. The fraction of sp³-hybridized carbons (Fsp3) is 0.500. The van der Waals surface area contributed by atoms with Crippen molar-refractivity contribution in [1.82, 2.24) is 9.55 Å². The molecule has 1 aromatic heterocycles. The third-order valence-corrected chi connectivity index (χ3v) is 4.16. The second-order valence-corrected chi connectivity index (χ2v) is 5.46. The van der Waals surface area contributed by atoms with Gasteiger partial charge in [-0.1, -0.05) is 6.92 Å². The van der Waals surface area contributed by atoms with E-state index in [1.807, 2.05) is 6.92 Å². The molecule has 0 spiro atoms. The Morgan fingerprint density at radius 1 is 1.43 bits per heavy atom. The Balaban J connectivity index is 1.99. The van der Waals surface area contributed by atoms with E-state index in [1.165, 1.54) is 0 Å². The van der Waals surface area contributed by atoms with Crippen molar-refractivity contribution < 1.29 is 14.6 Å². The summed E-state index contributed by atoms with van der Waals surface area (Å²) in [5, 5.41) is 9.17. The van der Waals surface area contributed by atoms with Crippen molar-refractivity contribution in [3.63, 3.8) is 0 Å². The molecule has 0 radical (unpaired) electrons. The molecule has 1 heterocycles. The highest BCUT2D eigenvalue weighted by molar-refractivity contribution is 5.92. The van der Waals surface area contributed by atoms with Crippen LogP contribution in [0.25, 0.3) is 11.0 Å². The molecule has 0 aliphatic heterocycles. The number of benzene rings is 1. The minimum absolute atomic E-state index is 0.312. The maximum absolute atomic E-state index is 11.2. The number of hydrogen-bond acceptors (Lipinski definition) is 3. The minimum Gasteiger partial charge on any atom is -0.478 e. The average Bonchev–Trinajstić information content (AvgIpc) is 2.79. The van der Waals surface area contributed by atoms with Gasteiger partial charge in [0, 0.05) is 19.1 Å². The van der Waals surface area contributed by atoms with E-state index in [2.05, 4.69) is 16.5 Å². The Kier molecular flexibility index (Phi) is 3.68. The van der Waals surface area contributed by atoms with Crippen molar-refractivity contribution in [1.29, 1.82) is 0 Å². The number of rotatable bonds is 5. The molecule has 0 amide bonds. The van der Waals surface area contributed by atoms with E-state index in [0.29, 0.717) is 17.7 Å². The molecule has 1 aromatic carbocycles. The largest absolute Gasteiger partial charge is 0.478 e. The number of nitrogens with zero attached hydrogens (tertiary/aromatic N) is 2. The van der Waals surface area contributed by atoms with Gasteiger partial charge >= 0.3 is 5.97 Å². The number of fused-ring (bicyclic) bond motifs is 1. The van der Waals surface area contributed by atoms with Crippen molar-refractivity contribution in [2.45, 2.75) is 45.3 Å². The monoisotopic (exact) mass is 288 g/mol. The van der Waals surface area contributed by atoms with Gasteiger partial charge in [0.1, 0.15) is 5.82 Å². The Hall–Kier alpha value is -1.88. The number of carboxylic acid groups (broad SMARTS) is 1. The number of carbonyl (C=O) groups is 1. The molecule has 1 saturated carbocycles. The molecular formula is C16H20N2O3. The van der Waals surface area contributed by atoms with E-state index >= 15 is 0 Å². The molecule has 112 valence electrons. The lowest BCUT2D eigenvalue weighted by Gasteiger charge is -2.37. The highest BCUT2D eigenvalue weighted by Crippen LogP contribution is 2.38. The summed E-state index contributed by atoms with van der Waals surface area (Å²) in [5.74, 6) is 0.121. The van der Waals surface area contributed by atoms with E-state index in [0.717, 1.165) is 42.7 Å². The topological polar surface area (TPSA) is 64.4 Å². The van der Waals surface area contributed by atoms with Crippen LogP contribution in [0, 0.1) is 0 Å². The van der Waals surface area contributed by atoms with Gasteiger partial charge in [-0.15, -0.1) is 0 Å². The molecule has 5 nitrogen and oxygen atoms in total. The van der Waals surface area contributed by atoms with Gasteiger partial charge in [0.25, 0.3) is 0 Å². The van der Waals surface area contributed by atoms with Crippen LogP contribution >= 0.6 is 0 Å². The van der Waals surface area contributed by atoms with Crippen molar-refractivity contribution in [3.8, 4) is 0 Å². The molecule has 1 fully saturated rings. The van der Waals surface area contributed by atoms with Gasteiger partial charge in [0.15, 0.2) is 0 Å². The van der Waals surface area contributed by atoms with Crippen LogP contribution in [0.3, 0.4) is 0 Å². The van der Waals surface area contributed by atoms with E-state index in [-0.39, 0.29) is 0 Å². The van der Waals surface area contributed by atoms with E-state index in [9.17, 15) is 9.90 Å². The van der Waals surface area contributed by atoms with Gasteiger partial charge < -0.3 is 14.4 Å². The first-order chi connectivity index (χ1) is 10.1. The number of hydrogen-bond donors (Lipinski definition) is 1. The molecule has 5 heteroatoms. The van der Waals surface area contributed by atoms with Crippen LogP contribution in [0.1, 0.15) is 48.9 Å². The quantitative estimate of drug-likeness (QED) is 0.918. The van der Waals surface area contributed by atoms with Crippen molar-refractivity contribution in [2.75, 3.05) is 6.61 Å². The summed E-state index contributed by atoms with van der Waals surface area (Å²) in [7, 11) is 0. The molecule has 0 atom stereocenters. The number of carboxylic acids is 1. The van der Waals surface area contributed by atoms with Gasteiger partial charge in [-0.2, -0.15) is 0 Å². The molecule has 0 unspecified atom stereocenters. The van der Waals surface area contributed by atoms with Gasteiger partial charge in [0.2, 0.25) is 0 Å². The maximum atomic E-state index is 11.2. The highest BCUT2D eigenvalue weighted by atomic mass is 16.5. The second kappa shape index (κ2) is 5.48. The molecular weight excluding hydrogens is 268 g/mol. The normalized spacial score (nSPS) is 21.4. The standard InChI is InChI=1S/C16H20N2O3/c1-3-15-17-13-6-5-10(16(19)20)7-14(13)18(15)11-8-12(9-11)21-4-2/h5-7,11-12H,3-4,8-9H2,1-2H3,(H,19,20). The molecule has 0 saturated heterocycles. The van der Waals surface area contributed by atoms with Gasteiger partial charge in [-0.25, -0.2) is 9.78 Å². The second-order valence-electron chi connectivity index (χ2n) is 5.46. The summed E-state index contributed by atoms with van der Waals surface area (Å²) >= 11 is 0. The average molecular weight is 288 g/mol. The first-order valence-corrected chi connectivity index (χ1v) is 7.49. The van der Waals surface area contributed by atoms with Crippen molar-refractivity contribution in [3.05, 3.63) is 29.6 Å². The number of aromatic carboxylic acids is 1. The zero-order chi connectivity index (χ0) is 15.0. The SMILES string of the molecule is CCOC1CC(n2c(CC)nc3ccc(C(=O)O)cc32)C1. The molecule has 1 N–H and O–H groups in total. The predicted octanol–water partition coefficient (Wildman–Crippen LogP) is 3.04. The molecule has 3 rings (SSSR count). The summed E-state index contributed by atoms with van der Waals surface area (Å²) in [6.07, 6.45) is 3.12. The lowest BCUT2D eigenvalue weighted by atomic mass is 9.88. The zero-order valence-corrected chi connectivity index (χ0v) is 12.4. The maximum Gasteiger partial charge on any atom is 0.335 e. The fourth-order valence-corrected chi connectivity index (χ4v) is 3.05. The van der Waals surface area contributed by atoms with Crippen LogP contribution in [0.15, 0.2) is 18.2 Å². The lowest BCUT2D eigenvalue weighted by Crippen LogP contribution is -2.34. The Morgan fingerprint density at radius 2 is 2.19 bits per heavy atom. The highest BCUT2D eigenvalue weighted by Gasteiger charge is 2.33. The first kappa shape index (κ1) is 14.1. The Morgan fingerprint density at radius 3 is 2.81 bits per heavy atom. The number of imidazole rings is 1. The van der Waals surface area contributed by atoms with Crippen LogP contribution in [0.4, 0.5) is 0 Å². The first-order valence-electron chi connectivity index (χ1n) is 7.49. The van der Waals surface area contributed by atoms with Crippen molar-refractivity contribution in [2.24, 2.45) is 0 Å². The third kappa shape index (κ3) is 2.42. The summed E-state index contributed by atoms with van der Waals surface area (Å²) in [6, 6.07) is 5.52. The Labute approximate surface area is 123 Å². The van der Waals surface area contributed by atoms with Crippen LogP contribution in [-0.2, 0) is 11.2 Å². The van der Waals surface area contributed by atoms with Crippen molar-refractivity contribution >= 4 is 17.0 Å². The fourth-order valence-electron chi connectivity index (χ4n) is 3.05. The van der Waals surface area contributed by atoms with Gasteiger partial charge in [-0.3, -0.25) is 0 Å². The summed E-state index contributed by atoms with van der Waals surface area (Å²) in [5.41, 5.74) is 2.11. The van der Waals surface area contributed by atoms with E-state index in [4.69, 9.17) is 4.74 Å². The summed E-state index contributed by atoms with van der Waals surface area (Å²) in [4.78, 5) is 15.8. The predicted molar refractivity (Wildman–Crippen MR) is 79.8 cm³/mol. The van der Waals surface area contributed by atoms with E-state index < -0.39 is 5.97 Å². The lowest BCUT2D eigenvalue weighted by molar-refractivity contribution is -0.0193. The van der Waals surface area contributed by atoms with Crippen LogP contribution in [0.2, 0.25) is 0 Å². The summed E-state index contributed by atoms with van der Waals surface area (Å²) < 4.78 is 7.83. The zero-order valence-electron chi connectivity index (χ0n) is 12.4. The Bertz CT molecular complexity index is 671. The number of aromatic nitrogens is 2. The van der Waals surface area contributed by atoms with Crippen LogP contribution < -0.4 is 0 Å². The van der Waals surface area contributed by atoms with E-state index in [1.54, 1.807) is 18.2 Å². The minimum atomic E-state index is -0.900. The summed E-state index contributed by atoms with van der Waals surface area (Å²) in [6.45, 7) is 4.83. The van der Waals surface area contributed by atoms with Crippen LogP contribution in [0.5, 0.6) is 0 Å². The number of aryl methyl sites for hydroxylation is 1. The molecule has 21 heavy (non-hydrogen) atoms. The smallest absolute Gasteiger partial charge is 0.335 e. The third-order valence-electron chi connectivity index (χ3n) is 4.16. The molecule has 2 aromatic rings. The van der Waals surface area contributed by atoms with Gasteiger partial charge in [0.05, 0.1) is 22.7 Å². The molecule has 1 aliphatic carbocycles. The number of ether oxygens (including phenoxy) is 1. The molecule has 0 bridgehead atoms.